The van der Waals surface area contributed by atoms with Gasteiger partial charge in [0.15, 0.2) is 11.5 Å². The highest BCUT2D eigenvalue weighted by molar-refractivity contribution is 5.98. The molecule has 5 heteroatoms. The quantitative estimate of drug-likeness (QED) is 0.786. The molecule has 1 heterocycles. The number of benzene rings is 2. The number of hydrogen-bond acceptors (Lipinski definition) is 4. The van der Waals surface area contributed by atoms with E-state index in [0.717, 1.165) is 16.7 Å². The molecule has 0 bridgehead atoms. The molecule has 2 aromatic rings. The van der Waals surface area contributed by atoms with Crippen LogP contribution in [0.2, 0.25) is 0 Å². The number of ether oxygens (including phenoxy) is 2. The van der Waals surface area contributed by atoms with Crippen LogP contribution in [0.5, 0.6) is 11.5 Å². The molecule has 0 fully saturated rings. The first-order valence-electron chi connectivity index (χ1n) is 9.08. The zero-order valence-electron chi connectivity index (χ0n) is 15.3. The highest BCUT2D eigenvalue weighted by Crippen LogP contribution is 2.37. The van der Waals surface area contributed by atoms with E-state index in [1.807, 2.05) is 61.2 Å². The number of carbonyl (C=O) groups is 1. The summed E-state index contributed by atoms with van der Waals surface area (Å²) in [5.74, 6) is 1.36. The summed E-state index contributed by atoms with van der Waals surface area (Å²) in [6, 6.07) is 13.2. The molecule has 0 spiro atoms. The van der Waals surface area contributed by atoms with E-state index in [1.54, 1.807) is 0 Å². The average Bonchev–Trinajstić information content (AvgIpc) is 2.98. The van der Waals surface area contributed by atoms with Gasteiger partial charge < -0.3 is 19.5 Å². The van der Waals surface area contributed by atoms with Gasteiger partial charge in [-0.2, -0.15) is 0 Å². The van der Waals surface area contributed by atoms with Crippen molar-refractivity contribution in [1.29, 1.82) is 0 Å². The fraction of sp³-hybridized carbons (Fsp3) is 0.381. The predicted octanol–water partition coefficient (Wildman–Crippen LogP) is 3.56. The second kappa shape index (κ2) is 8.23. The van der Waals surface area contributed by atoms with Gasteiger partial charge >= 0.3 is 0 Å². The van der Waals surface area contributed by atoms with Crippen LogP contribution in [0.25, 0.3) is 0 Å². The lowest BCUT2D eigenvalue weighted by atomic mass is 10.0. The lowest BCUT2D eigenvalue weighted by molar-refractivity contribution is 0.0670. The first-order chi connectivity index (χ1) is 12.7. The van der Waals surface area contributed by atoms with Gasteiger partial charge in [-0.3, -0.25) is 4.79 Å². The molecule has 1 unspecified atom stereocenters. The van der Waals surface area contributed by atoms with E-state index in [1.165, 1.54) is 0 Å². The molecule has 1 N–H and O–H groups in total. The maximum atomic E-state index is 12.9. The highest BCUT2D eigenvalue weighted by atomic mass is 16.5. The third-order valence-corrected chi connectivity index (χ3v) is 4.58. The van der Waals surface area contributed by atoms with E-state index in [4.69, 9.17) is 9.47 Å². The third kappa shape index (κ3) is 3.53. The fourth-order valence-electron chi connectivity index (χ4n) is 3.43. The molecule has 0 aliphatic carbocycles. The molecule has 26 heavy (non-hydrogen) atoms. The Morgan fingerprint density at radius 2 is 1.81 bits per heavy atom. The molecule has 5 nitrogen and oxygen atoms in total. The summed E-state index contributed by atoms with van der Waals surface area (Å²) in [5.41, 5.74) is 2.70. The standard InChI is InChI=1S/C21H25NO4/c1-3-25-19-10-9-15(13-20(19)26-4-2)18(11-12-23)22-14-16-7-5-6-8-17(16)21(22)24/h5-10,13,18,23H,3-4,11-12,14H2,1-2H3. The lowest BCUT2D eigenvalue weighted by Gasteiger charge is -2.28. The molecule has 0 aromatic heterocycles. The zero-order valence-corrected chi connectivity index (χ0v) is 15.3. The Kier molecular flexibility index (Phi) is 5.78. The van der Waals surface area contributed by atoms with Crippen LogP contribution in [-0.4, -0.2) is 35.7 Å². The smallest absolute Gasteiger partial charge is 0.255 e. The Labute approximate surface area is 154 Å². The Bertz CT molecular complexity index is 774. The maximum absolute atomic E-state index is 12.9. The van der Waals surface area contributed by atoms with E-state index in [0.29, 0.717) is 37.7 Å². The Balaban J connectivity index is 1.93. The van der Waals surface area contributed by atoms with Gasteiger partial charge in [0.2, 0.25) is 0 Å². The molecule has 0 radical (unpaired) electrons. The van der Waals surface area contributed by atoms with Crippen LogP contribution in [0.3, 0.4) is 0 Å². The first kappa shape index (κ1) is 18.3. The number of aliphatic hydroxyl groups excluding tert-OH is 1. The van der Waals surface area contributed by atoms with Crippen molar-refractivity contribution in [3.8, 4) is 11.5 Å². The minimum Gasteiger partial charge on any atom is -0.490 e. The van der Waals surface area contributed by atoms with Crippen molar-refractivity contribution in [2.45, 2.75) is 32.9 Å². The highest BCUT2D eigenvalue weighted by Gasteiger charge is 2.33. The van der Waals surface area contributed by atoms with Crippen molar-refractivity contribution in [3.63, 3.8) is 0 Å². The van der Waals surface area contributed by atoms with Crippen molar-refractivity contribution < 1.29 is 19.4 Å². The number of carbonyl (C=O) groups excluding carboxylic acids is 1. The Hall–Kier alpha value is -2.53. The molecule has 1 amide bonds. The SMILES string of the molecule is CCOc1ccc(C(CCO)N2Cc3ccccc3C2=O)cc1OCC. The molecule has 2 aromatic carbocycles. The molecule has 1 aliphatic heterocycles. The van der Waals surface area contributed by atoms with Crippen molar-refractivity contribution in [3.05, 3.63) is 59.2 Å². The second-order valence-corrected chi connectivity index (χ2v) is 6.19. The number of amides is 1. The molecule has 3 rings (SSSR count). The van der Waals surface area contributed by atoms with Gasteiger partial charge in [0.05, 0.1) is 19.3 Å². The van der Waals surface area contributed by atoms with E-state index < -0.39 is 0 Å². The summed E-state index contributed by atoms with van der Waals surface area (Å²) < 4.78 is 11.3. The van der Waals surface area contributed by atoms with Crippen molar-refractivity contribution in [2.75, 3.05) is 19.8 Å². The van der Waals surface area contributed by atoms with Crippen LogP contribution in [0.15, 0.2) is 42.5 Å². The minimum atomic E-state index is -0.213. The van der Waals surface area contributed by atoms with Crippen molar-refractivity contribution in [2.24, 2.45) is 0 Å². The molecule has 0 saturated heterocycles. The van der Waals surface area contributed by atoms with Crippen LogP contribution in [0.4, 0.5) is 0 Å². The van der Waals surface area contributed by atoms with Crippen molar-refractivity contribution >= 4 is 5.91 Å². The Morgan fingerprint density at radius 1 is 1.08 bits per heavy atom. The molecule has 0 saturated carbocycles. The van der Waals surface area contributed by atoms with E-state index in [2.05, 4.69) is 0 Å². The summed E-state index contributed by atoms with van der Waals surface area (Å²) in [6.07, 6.45) is 0.472. The maximum Gasteiger partial charge on any atom is 0.255 e. The van der Waals surface area contributed by atoms with Gasteiger partial charge in [-0.05, 0) is 49.6 Å². The van der Waals surface area contributed by atoms with Gasteiger partial charge in [-0.15, -0.1) is 0 Å². The fourth-order valence-corrected chi connectivity index (χ4v) is 3.43. The average molecular weight is 355 g/mol. The molecule has 138 valence electrons. The Morgan fingerprint density at radius 3 is 2.50 bits per heavy atom. The lowest BCUT2D eigenvalue weighted by Crippen LogP contribution is -2.30. The summed E-state index contributed by atoms with van der Waals surface area (Å²) in [7, 11) is 0. The van der Waals surface area contributed by atoms with Gasteiger partial charge in [0.1, 0.15) is 0 Å². The number of nitrogens with zero attached hydrogens (tertiary/aromatic N) is 1. The van der Waals surface area contributed by atoms with E-state index >= 15 is 0 Å². The molecule has 1 atom stereocenters. The topological polar surface area (TPSA) is 59.0 Å². The van der Waals surface area contributed by atoms with E-state index in [9.17, 15) is 9.90 Å². The normalized spacial score (nSPS) is 14.3. The van der Waals surface area contributed by atoms with Crippen LogP contribution >= 0.6 is 0 Å². The van der Waals surface area contributed by atoms with Crippen LogP contribution in [-0.2, 0) is 6.54 Å². The first-order valence-corrected chi connectivity index (χ1v) is 9.08. The summed E-state index contributed by atoms with van der Waals surface area (Å²) >= 11 is 0. The van der Waals surface area contributed by atoms with Crippen LogP contribution in [0, 0.1) is 0 Å². The number of rotatable bonds is 8. The summed E-state index contributed by atoms with van der Waals surface area (Å²) in [5, 5.41) is 9.58. The van der Waals surface area contributed by atoms with Crippen molar-refractivity contribution in [1.82, 2.24) is 4.90 Å². The second-order valence-electron chi connectivity index (χ2n) is 6.19. The number of hydrogen-bond donors (Lipinski definition) is 1. The zero-order chi connectivity index (χ0) is 18.5. The largest absolute Gasteiger partial charge is 0.490 e. The number of aliphatic hydroxyl groups is 1. The van der Waals surface area contributed by atoms with Crippen LogP contribution in [0.1, 0.15) is 47.8 Å². The minimum absolute atomic E-state index is 0.00196. The molecular weight excluding hydrogens is 330 g/mol. The van der Waals surface area contributed by atoms with Gasteiger partial charge in [-0.1, -0.05) is 24.3 Å². The monoisotopic (exact) mass is 355 g/mol. The number of fused-ring (bicyclic) bond motifs is 1. The predicted molar refractivity (Wildman–Crippen MR) is 99.5 cm³/mol. The summed E-state index contributed by atoms with van der Waals surface area (Å²) in [4.78, 5) is 14.7. The van der Waals surface area contributed by atoms with Gasteiger partial charge in [0.25, 0.3) is 5.91 Å². The summed E-state index contributed by atoms with van der Waals surface area (Å²) in [6.45, 7) is 5.49. The molecule has 1 aliphatic rings. The molecular formula is C21H25NO4. The van der Waals surface area contributed by atoms with Crippen LogP contribution < -0.4 is 9.47 Å². The van der Waals surface area contributed by atoms with Gasteiger partial charge in [0, 0.05) is 18.7 Å². The van der Waals surface area contributed by atoms with Gasteiger partial charge in [-0.25, -0.2) is 0 Å². The van der Waals surface area contributed by atoms with E-state index in [-0.39, 0.29) is 18.6 Å². The third-order valence-electron chi connectivity index (χ3n) is 4.58.